The second kappa shape index (κ2) is 12.9. The van der Waals surface area contributed by atoms with Crippen LogP contribution in [0.15, 0.2) is 22.7 Å². The molecule has 1 atom stereocenters. The van der Waals surface area contributed by atoms with E-state index >= 15 is 0 Å². The molecule has 0 spiro atoms. The maximum Gasteiger partial charge on any atom is 1.00 e. The summed E-state index contributed by atoms with van der Waals surface area (Å²) in [5.41, 5.74) is 3.18. The van der Waals surface area contributed by atoms with E-state index in [1.807, 2.05) is 13.0 Å². The first kappa shape index (κ1) is 29.2. The molecule has 2 aliphatic carbocycles. The van der Waals surface area contributed by atoms with Crippen molar-refractivity contribution >= 4 is 29.2 Å². The number of carbonyl (C=O) groups is 2. The molecule has 1 amide bonds. The number of nitrogens with zero attached hydrogens (tertiary/aromatic N) is 1. The monoisotopic (exact) mass is 522 g/mol. The molecule has 2 saturated carbocycles. The van der Waals surface area contributed by atoms with Gasteiger partial charge in [-0.25, -0.2) is 0 Å². The van der Waals surface area contributed by atoms with Crippen LogP contribution in [-0.2, 0) is 9.59 Å². The van der Waals surface area contributed by atoms with Gasteiger partial charge in [-0.1, -0.05) is 49.5 Å². The molecule has 4 rings (SSSR count). The minimum atomic E-state index is -1.20. The van der Waals surface area contributed by atoms with Crippen LogP contribution in [-0.4, -0.2) is 17.0 Å². The SMILES string of the molecule is CCC(CC)CC1CC(c2onc(C(CC(=O)[O-])CC(=O)Nc3ccc(C)cc3Cl)c2C2CC2)C1.[Na+]. The Kier molecular flexibility index (Phi) is 10.5. The van der Waals surface area contributed by atoms with Gasteiger partial charge in [0.05, 0.1) is 16.4 Å². The summed E-state index contributed by atoms with van der Waals surface area (Å²) in [6.45, 7) is 6.45. The molecule has 1 unspecified atom stereocenters. The van der Waals surface area contributed by atoms with Crippen LogP contribution in [0.5, 0.6) is 0 Å². The molecule has 1 N–H and O–H groups in total. The van der Waals surface area contributed by atoms with Gasteiger partial charge in [0.25, 0.3) is 0 Å². The standard InChI is InChI=1S/C28H37ClN2O4.Na/c1-4-17(5-2)11-18-12-21(13-18)28-26(19-7-8-19)27(31-35-28)20(15-25(33)34)14-24(32)30-23-9-6-16(3)10-22(23)29;/h6,9-10,17-21H,4-5,7-8,11-15H2,1-3H3,(H,30,32)(H,33,34);/q;+1/p-1. The maximum atomic E-state index is 12.9. The van der Waals surface area contributed by atoms with E-state index in [9.17, 15) is 14.7 Å². The first-order chi connectivity index (χ1) is 16.8. The van der Waals surface area contributed by atoms with Crippen molar-refractivity contribution in [1.82, 2.24) is 5.16 Å². The van der Waals surface area contributed by atoms with Crippen molar-refractivity contribution in [2.45, 2.75) is 96.3 Å². The van der Waals surface area contributed by atoms with E-state index in [0.717, 1.165) is 54.4 Å². The Bertz CT molecular complexity index is 1060. The van der Waals surface area contributed by atoms with Crippen LogP contribution in [0, 0.1) is 18.8 Å². The van der Waals surface area contributed by atoms with E-state index < -0.39 is 11.9 Å². The number of aryl methyl sites for hydroxylation is 1. The van der Waals surface area contributed by atoms with Crippen molar-refractivity contribution in [3.05, 3.63) is 45.8 Å². The average Bonchev–Trinajstić information content (AvgIpc) is 3.53. The Morgan fingerprint density at radius 2 is 1.86 bits per heavy atom. The first-order valence-corrected chi connectivity index (χ1v) is 13.4. The van der Waals surface area contributed by atoms with Crippen LogP contribution >= 0.6 is 11.6 Å². The van der Waals surface area contributed by atoms with E-state index in [0.29, 0.717) is 28.2 Å². The fourth-order valence-corrected chi connectivity index (χ4v) is 5.83. The molecule has 6 nitrogen and oxygen atoms in total. The molecule has 190 valence electrons. The molecule has 1 aromatic carbocycles. The molecule has 0 saturated heterocycles. The summed E-state index contributed by atoms with van der Waals surface area (Å²) in [6.07, 6.45) is 7.71. The van der Waals surface area contributed by atoms with E-state index in [2.05, 4.69) is 24.3 Å². The molecule has 2 fully saturated rings. The third-order valence-electron chi connectivity index (χ3n) is 7.83. The number of carbonyl (C=O) groups excluding carboxylic acids is 2. The third kappa shape index (κ3) is 7.15. The van der Waals surface area contributed by atoms with E-state index in [1.54, 1.807) is 12.1 Å². The molecule has 0 radical (unpaired) electrons. The largest absolute Gasteiger partial charge is 1.00 e. The van der Waals surface area contributed by atoms with Gasteiger partial charge in [0.15, 0.2) is 0 Å². The summed E-state index contributed by atoms with van der Waals surface area (Å²) >= 11 is 6.26. The van der Waals surface area contributed by atoms with Gasteiger partial charge in [-0.15, -0.1) is 0 Å². The van der Waals surface area contributed by atoms with Gasteiger partial charge >= 0.3 is 29.6 Å². The predicted molar refractivity (Wildman–Crippen MR) is 134 cm³/mol. The molecule has 1 heterocycles. The topological polar surface area (TPSA) is 95.3 Å². The fraction of sp³-hybridized carbons (Fsp3) is 0.607. The second-order valence-corrected chi connectivity index (χ2v) is 11.0. The minimum absolute atomic E-state index is 0. The van der Waals surface area contributed by atoms with Crippen molar-refractivity contribution in [2.24, 2.45) is 11.8 Å². The number of hydrogen-bond donors (Lipinski definition) is 1. The summed E-state index contributed by atoms with van der Waals surface area (Å²) < 4.78 is 5.89. The quantitative estimate of drug-likeness (QED) is 0.432. The number of aliphatic carboxylic acids is 1. The second-order valence-electron chi connectivity index (χ2n) is 10.6. The predicted octanol–water partition coefficient (Wildman–Crippen LogP) is 3.09. The first-order valence-electron chi connectivity index (χ1n) is 13.0. The van der Waals surface area contributed by atoms with Crippen LogP contribution in [0.3, 0.4) is 0 Å². The number of anilines is 1. The molecule has 0 aliphatic heterocycles. The molecule has 1 aromatic heterocycles. The van der Waals surface area contributed by atoms with Crippen molar-refractivity contribution < 1.29 is 48.8 Å². The molecule has 36 heavy (non-hydrogen) atoms. The zero-order chi connectivity index (χ0) is 25.1. The van der Waals surface area contributed by atoms with Crippen LogP contribution < -0.4 is 40.0 Å². The van der Waals surface area contributed by atoms with Gasteiger partial charge < -0.3 is 19.7 Å². The van der Waals surface area contributed by atoms with Crippen LogP contribution in [0.4, 0.5) is 5.69 Å². The fourth-order valence-electron chi connectivity index (χ4n) is 5.54. The number of aromatic nitrogens is 1. The van der Waals surface area contributed by atoms with Gasteiger partial charge in [0.2, 0.25) is 5.91 Å². The number of carboxylic acids is 1. The number of benzene rings is 1. The molecule has 2 aromatic rings. The van der Waals surface area contributed by atoms with Crippen LogP contribution in [0.2, 0.25) is 5.02 Å². The van der Waals surface area contributed by atoms with Crippen molar-refractivity contribution in [3.8, 4) is 0 Å². The number of carboxylic acid groups (broad SMARTS) is 1. The van der Waals surface area contributed by atoms with Gasteiger partial charge in [0, 0.05) is 29.8 Å². The van der Waals surface area contributed by atoms with Gasteiger partial charge in [-0.3, -0.25) is 4.79 Å². The Hall–Kier alpha value is -1.34. The summed E-state index contributed by atoms with van der Waals surface area (Å²) in [5.74, 6) is 1.01. The Morgan fingerprint density at radius 3 is 2.44 bits per heavy atom. The van der Waals surface area contributed by atoms with E-state index in [-0.39, 0.29) is 48.3 Å². The summed E-state index contributed by atoms with van der Waals surface area (Å²) in [4.78, 5) is 24.5. The molecular formula is C28H36ClN2NaO4. The number of hydrogen-bond acceptors (Lipinski definition) is 5. The van der Waals surface area contributed by atoms with E-state index in [1.165, 1.54) is 19.3 Å². The number of nitrogens with one attached hydrogen (secondary N) is 1. The third-order valence-corrected chi connectivity index (χ3v) is 8.14. The minimum Gasteiger partial charge on any atom is -0.550 e. The summed E-state index contributed by atoms with van der Waals surface area (Å²) in [7, 11) is 0. The normalized spacial score (nSPS) is 19.9. The van der Waals surface area contributed by atoms with Crippen LogP contribution in [0.25, 0.3) is 0 Å². The molecular weight excluding hydrogens is 487 g/mol. The number of amides is 1. The summed E-state index contributed by atoms with van der Waals surface area (Å²) in [5, 5.41) is 19.2. The Balaban J connectivity index is 0.00000361. The molecule has 2 aliphatic rings. The summed E-state index contributed by atoms with van der Waals surface area (Å²) in [6, 6.07) is 5.40. The smallest absolute Gasteiger partial charge is 0.550 e. The molecule has 0 bridgehead atoms. The van der Waals surface area contributed by atoms with Crippen LogP contribution in [0.1, 0.15) is 112 Å². The van der Waals surface area contributed by atoms with Crippen molar-refractivity contribution in [1.29, 1.82) is 0 Å². The zero-order valence-electron chi connectivity index (χ0n) is 21.9. The Labute approximate surface area is 241 Å². The zero-order valence-corrected chi connectivity index (χ0v) is 24.7. The average molecular weight is 523 g/mol. The number of rotatable bonds is 12. The van der Waals surface area contributed by atoms with Crippen molar-refractivity contribution in [3.63, 3.8) is 0 Å². The number of halogens is 1. The van der Waals surface area contributed by atoms with E-state index in [4.69, 9.17) is 16.1 Å². The van der Waals surface area contributed by atoms with Gasteiger partial charge in [-0.05, 0) is 80.9 Å². The maximum absolute atomic E-state index is 12.9. The Morgan fingerprint density at radius 1 is 1.17 bits per heavy atom. The van der Waals surface area contributed by atoms with Gasteiger partial charge in [0.1, 0.15) is 5.76 Å². The molecule has 8 heteroatoms. The van der Waals surface area contributed by atoms with Crippen molar-refractivity contribution in [2.75, 3.05) is 5.32 Å². The van der Waals surface area contributed by atoms with Gasteiger partial charge in [-0.2, -0.15) is 0 Å².